The molecule has 0 aromatic heterocycles. The number of piperazine rings is 1. The first-order valence-corrected chi connectivity index (χ1v) is 13.0. The molecule has 1 aliphatic heterocycles. The molecule has 7 nitrogen and oxygen atoms in total. The lowest BCUT2D eigenvalue weighted by atomic mass is 10.1. The van der Waals surface area contributed by atoms with E-state index in [1.807, 2.05) is 47.4 Å². The SMILES string of the molecule is COc1ccc(CN2CCN(C(=O)c3ccc(NS(=O)(=O)/C=C/c4ccccc4)cc3)CC2)cc1. The second kappa shape index (κ2) is 11.2. The molecule has 0 bridgehead atoms. The van der Waals surface area contributed by atoms with Gasteiger partial charge in [-0.2, -0.15) is 0 Å². The molecule has 1 fully saturated rings. The maximum absolute atomic E-state index is 12.9. The highest BCUT2D eigenvalue weighted by molar-refractivity contribution is 7.95. The van der Waals surface area contributed by atoms with Gasteiger partial charge in [0.1, 0.15) is 5.75 Å². The number of nitrogens with one attached hydrogen (secondary N) is 1. The molecule has 8 heteroatoms. The fraction of sp³-hybridized carbons (Fsp3) is 0.222. The second-order valence-electron chi connectivity index (χ2n) is 8.35. The average molecular weight is 492 g/mol. The van der Waals surface area contributed by atoms with Crippen LogP contribution < -0.4 is 9.46 Å². The van der Waals surface area contributed by atoms with Crippen LogP contribution in [0.4, 0.5) is 5.69 Å². The van der Waals surface area contributed by atoms with Crippen molar-refractivity contribution in [1.29, 1.82) is 0 Å². The Balaban J connectivity index is 1.29. The molecule has 3 aromatic carbocycles. The van der Waals surface area contributed by atoms with Gasteiger partial charge in [-0.1, -0.05) is 42.5 Å². The van der Waals surface area contributed by atoms with Gasteiger partial charge in [-0.25, -0.2) is 8.42 Å². The van der Waals surface area contributed by atoms with E-state index in [0.717, 1.165) is 36.4 Å². The number of sulfonamides is 1. The van der Waals surface area contributed by atoms with Gasteiger partial charge in [-0.3, -0.25) is 14.4 Å². The first kappa shape index (κ1) is 24.5. The standard InChI is InChI=1S/C27H29N3O4S/c1-34-26-13-7-23(8-14-26)21-29-16-18-30(19-17-29)27(31)24-9-11-25(12-10-24)28-35(32,33)20-15-22-5-3-2-4-6-22/h2-15,20,28H,16-19,21H2,1H3/b20-15+. The summed E-state index contributed by atoms with van der Waals surface area (Å²) in [5.41, 5.74) is 2.95. The summed E-state index contributed by atoms with van der Waals surface area (Å²) in [6.45, 7) is 3.72. The summed E-state index contributed by atoms with van der Waals surface area (Å²) in [7, 11) is -2.01. The molecule has 1 saturated heterocycles. The molecule has 0 atom stereocenters. The third kappa shape index (κ3) is 6.94. The Morgan fingerprint density at radius 2 is 1.57 bits per heavy atom. The molecular weight excluding hydrogens is 462 g/mol. The highest BCUT2D eigenvalue weighted by atomic mass is 32.2. The molecule has 1 N–H and O–H groups in total. The Labute approximate surface area is 206 Å². The van der Waals surface area contributed by atoms with E-state index in [2.05, 4.69) is 21.8 Å². The van der Waals surface area contributed by atoms with Crippen LogP contribution in [0, 0.1) is 0 Å². The number of hydrogen-bond donors (Lipinski definition) is 1. The molecule has 182 valence electrons. The van der Waals surface area contributed by atoms with Gasteiger partial charge >= 0.3 is 0 Å². The Kier molecular flexibility index (Phi) is 7.84. The quantitative estimate of drug-likeness (QED) is 0.514. The zero-order valence-electron chi connectivity index (χ0n) is 19.6. The van der Waals surface area contributed by atoms with E-state index >= 15 is 0 Å². The lowest BCUT2D eigenvalue weighted by Gasteiger charge is -2.34. The van der Waals surface area contributed by atoms with E-state index in [4.69, 9.17) is 4.74 Å². The van der Waals surface area contributed by atoms with Crippen molar-refractivity contribution in [2.75, 3.05) is 38.0 Å². The second-order valence-corrected chi connectivity index (χ2v) is 9.92. The Hall–Kier alpha value is -3.62. The molecule has 0 radical (unpaired) electrons. The molecule has 3 aromatic rings. The minimum atomic E-state index is -3.66. The average Bonchev–Trinajstić information content (AvgIpc) is 2.89. The van der Waals surface area contributed by atoms with Crippen LogP contribution in [0.15, 0.2) is 84.3 Å². The number of benzene rings is 3. The van der Waals surface area contributed by atoms with Crippen molar-refractivity contribution in [2.45, 2.75) is 6.54 Å². The predicted molar refractivity (Wildman–Crippen MR) is 139 cm³/mol. The van der Waals surface area contributed by atoms with E-state index in [-0.39, 0.29) is 5.91 Å². The van der Waals surface area contributed by atoms with Gasteiger partial charge in [0.2, 0.25) is 0 Å². The van der Waals surface area contributed by atoms with Gasteiger partial charge in [0.25, 0.3) is 15.9 Å². The van der Waals surface area contributed by atoms with E-state index in [0.29, 0.717) is 24.3 Å². The highest BCUT2D eigenvalue weighted by Gasteiger charge is 2.22. The molecule has 0 saturated carbocycles. The highest BCUT2D eigenvalue weighted by Crippen LogP contribution is 2.17. The number of anilines is 1. The first-order valence-electron chi connectivity index (χ1n) is 11.4. The number of hydrogen-bond acceptors (Lipinski definition) is 5. The zero-order valence-corrected chi connectivity index (χ0v) is 20.4. The number of nitrogens with zero attached hydrogens (tertiary/aromatic N) is 2. The van der Waals surface area contributed by atoms with E-state index in [1.54, 1.807) is 31.4 Å². The largest absolute Gasteiger partial charge is 0.497 e. The van der Waals surface area contributed by atoms with Crippen molar-refractivity contribution in [3.8, 4) is 5.75 Å². The molecule has 0 spiro atoms. The van der Waals surface area contributed by atoms with Gasteiger partial charge in [0.15, 0.2) is 0 Å². The molecular formula is C27H29N3O4S. The van der Waals surface area contributed by atoms with Crippen molar-refractivity contribution in [3.05, 3.63) is 101 Å². The summed E-state index contributed by atoms with van der Waals surface area (Å²) in [5.74, 6) is 0.791. The van der Waals surface area contributed by atoms with Crippen molar-refractivity contribution in [3.63, 3.8) is 0 Å². The summed E-state index contributed by atoms with van der Waals surface area (Å²) in [4.78, 5) is 17.1. The first-order chi connectivity index (χ1) is 16.9. The van der Waals surface area contributed by atoms with Gasteiger partial charge in [-0.05, 0) is 53.6 Å². The summed E-state index contributed by atoms with van der Waals surface area (Å²) >= 11 is 0. The number of amides is 1. The lowest BCUT2D eigenvalue weighted by molar-refractivity contribution is 0.0628. The van der Waals surface area contributed by atoms with Gasteiger partial charge < -0.3 is 9.64 Å². The van der Waals surface area contributed by atoms with Crippen molar-refractivity contribution in [1.82, 2.24) is 9.80 Å². The van der Waals surface area contributed by atoms with Crippen LogP contribution >= 0.6 is 0 Å². The van der Waals surface area contributed by atoms with Crippen LogP contribution in [0.3, 0.4) is 0 Å². The fourth-order valence-electron chi connectivity index (χ4n) is 3.89. The van der Waals surface area contributed by atoms with Crippen molar-refractivity contribution < 1.29 is 17.9 Å². The molecule has 1 aliphatic rings. The van der Waals surface area contributed by atoms with E-state index < -0.39 is 10.0 Å². The number of carbonyl (C=O) groups is 1. The van der Waals surface area contributed by atoms with Crippen molar-refractivity contribution >= 4 is 27.7 Å². The summed E-state index contributed by atoms with van der Waals surface area (Å²) in [5, 5.41) is 1.13. The Morgan fingerprint density at radius 1 is 0.914 bits per heavy atom. The smallest absolute Gasteiger partial charge is 0.255 e. The minimum absolute atomic E-state index is 0.0486. The Bertz CT molecular complexity index is 1250. The van der Waals surface area contributed by atoms with Crippen LogP contribution in [-0.4, -0.2) is 57.4 Å². The number of carbonyl (C=O) groups excluding carboxylic acids is 1. The van der Waals surface area contributed by atoms with Gasteiger partial charge in [0, 0.05) is 44.0 Å². The van der Waals surface area contributed by atoms with Crippen LogP contribution in [0.5, 0.6) is 5.75 Å². The van der Waals surface area contributed by atoms with Crippen LogP contribution in [0.1, 0.15) is 21.5 Å². The summed E-state index contributed by atoms with van der Waals surface area (Å²) < 4.78 is 32.4. The van der Waals surface area contributed by atoms with Crippen LogP contribution in [0.2, 0.25) is 0 Å². The maximum Gasteiger partial charge on any atom is 0.255 e. The minimum Gasteiger partial charge on any atom is -0.497 e. The number of rotatable bonds is 8. The summed E-state index contributed by atoms with van der Waals surface area (Å²) in [6, 6.07) is 23.8. The maximum atomic E-state index is 12.9. The zero-order chi connectivity index (χ0) is 24.7. The van der Waals surface area contributed by atoms with Crippen LogP contribution in [0.25, 0.3) is 6.08 Å². The molecule has 4 rings (SSSR count). The molecule has 1 amide bonds. The predicted octanol–water partition coefficient (Wildman–Crippen LogP) is 4.07. The molecule has 1 heterocycles. The van der Waals surface area contributed by atoms with E-state index in [9.17, 15) is 13.2 Å². The topological polar surface area (TPSA) is 79.0 Å². The number of methoxy groups -OCH3 is 1. The fourth-order valence-corrected chi connectivity index (χ4v) is 4.76. The third-order valence-electron chi connectivity index (χ3n) is 5.86. The summed E-state index contributed by atoms with van der Waals surface area (Å²) in [6.07, 6.45) is 1.54. The monoisotopic (exact) mass is 491 g/mol. The van der Waals surface area contributed by atoms with Crippen LogP contribution in [-0.2, 0) is 16.6 Å². The number of ether oxygens (including phenoxy) is 1. The molecule has 0 aliphatic carbocycles. The van der Waals surface area contributed by atoms with Crippen molar-refractivity contribution in [2.24, 2.45) is 0 Å². The third-order valence-corrected chi connectivity index (χ3v) is 6.87. The molecule has 35 heavy (non-hydrogen) atoms. The van der Waals surface area contributed by atoms with E-state index in [1.165, 1.54) is 11.6 Å². The lowest BCUT2D eigenvalue weighted by Crippen LogP contribution is -2.48. The normalized spacial score (nSPS) is 14.7. The van der Waals surface area contributed by atoms with Gasteiger partial charge in [0.05, 0.1) is 12.5 Å². The Morgan fingerprint density at radius 3 is 2.20 bits per heavy atom. The van der Waals surface area contributed by atoms with Gasteiger partial charge in [-0.15, -0.1) is 0 Å². The molecule has 0 unspecified atom stereocenters.